The van der Waals surface area contributed by atoms with Gasteiger partial charge in [0.15, 0.2) is 10.9 Å². The Balaban J connectivity index is 1.27. The zero-order chi connectivity index (χ0) is 24.0. The van der Waals surface area contributed by atoms with Gasteiger partial charge in [0.2, 0.25) is 11.7 Å². The summed E-state index contributed by atoms with van der Waals surface area (Å²) in [5, 5.41) is 12.5. The molecule has 5 rings (SSSR count). The van der Waals surface area contributed by atoms with Crippen molar-refractivity contribution in [2.75, 3.05) is 11.1 Å². The first-order valence-corrected chi connectivity index (χ1v) is 12.0. The molecule has 3 aromatic carbocycles. The van der Waals surface area contributed by atoms with Crippen LogP contribution in [0, 0.1) is 0 Å². The molecule has 0 bridgehead atoms. The molecule has 0 aliphatic carbocycles. The second kappa shape index (κ2) is 10.5. The minimum Gasteiger partial charge on any atom is -0.461 e. The fourth-order valence-corrected chi connectivity index (χ4v) is 4.30. The van der Waals surface area contributed by atoms with E-state index in [-0.39, 0.29) is 11.7 Å². The topological polar surface area (TPSA) is 82.2 Å². The monoisotopic (exact) mass is 502 g/mol. The van der Waals surface area contributed by atoms with E-state index in [1.54, 1.807) is 53.3 Å². The van der Waals surface area contributed by atoms with Crippen LogP contribution in [0.1, 0.15) is 0 Å². The maximum absolute atomic E-state index is 12.6. The largest absolute Gasteiger partial charge is 0.461 e. The standard InChI is InChI=1S/C26H19ClN4O3S/c27-21-9-4-5-10-22(21)31-25(23-11-6-16-33-23)29-30-26(31)35-17-24(32)28-18-12-14-20(15-13-18)34-19-7-2-1-3-8-19/h1-16H,17H2,(H,28,32). The fraction of sp³-hybridized carbons (Fsp3) is 0.0385. The van der Waals surface area contributed by atoms with Crippen molar-refractivity contribution in [3.05, 3.63) is 102 Å². The second-order valence-corrected chi connectivity index (χ2v) is 8.70. The first kappa shape index (κ1) is 22.8. The van der Waals surface area contributed by atoms with Crippen molar-refractivity contribution in [1.82, 2.24) is 14.8 Å². The van der Waals surface area contributed by atoms with Crippen LogP contribution in [-0.2, 0) is 4.79 Å². The van der Waals surface area contributed by atoms with Gasteiger partial charge in [0, 0.05) is 5.69 Å². The van der Waals surface area contributed by atoms with E-state index in [1.807, 2.05) is 48.5 Å². The van der Waals surface area contributed by atoms with Crippen molar-refractivity contribution in [3.8, 4) is 28.8 Å². The van der Waals surface area contributed by atoms with Gasteiger partial charge in [-0.3, -0.25) is 9.36 Å². The van der Waals surface area contributed by atoms with Gasteiger partial charge in [-0.1, -0.05) is 53.7 Å². The normalized spacial score (nSPS) is 10.8. The van der Waals surface area contributed by atoms with Gasteiger partial charge in [-0.05, 0) is 60.7 Å². The number of nitrogens with one attached hydrogen (secondary N) is 1. The van der Waals surface area contributed by atoms with Crippen molar-refractivity contribution in [2.45, 2.75) is 5.16 Å². The molecular formula is C26H19ClN4O3S. The number of furan rings is 1. The van der Waals surface area contributed by atoms with E-state index in [0.717, 1.165) is 5.75 Å². The predicted octanol–water partition coefficient (Wildman–Crippen LogP) is 6.70. The number of hydrogen-bond acceptors (Lipinski definition) is 6. The molecule has 0 aliphatic rings. The third-order valence-corrected chi connectivity index (χ3v) is 6.17. The summed E-state index contributed by atoms with van der Waals surface area (Å²) in [6.07, 6.45) is 1.57. The van der Waals surface area contributed by atoms with E-state index in [9.17, 15) is 4.79 Å². The Hall–Kier alpha value is -4.01. The molecule has 0 fully saturated rings. The minimum atomic E-state index is -0.181. The summed E-state index contributed by atoms with van der Waals surface area (Å²) < 4.78 is 13.1. The molecule has 0 unspecified atom stereocenters. The molecule has 0 aliphatic heterocycles. The zero-order valence-corrected chi connectivity index (χ0v) is 19.9. The molecule has 1 N–H and O–H groups in total. The Morgan fingerprint density at radius 2 is 1.66 bits per heavy atom. The van der Waals surface area contributed by atoms with Crippen molar-refractivity contribution < 1.29 is 13.9 Å². The van der Waals surface area contributed by atoms with Crippen LogP contribution in [0.5, 0.6) is 11.5 Å². The molecular weight excluding hydrogens is 484 g/mol. The number of benzene rings is 3. The summed E-state index contributed by atoms with van der Waals surface area (Å²) in [5.74, 6) is 2.42. The lowest BCUT2D eigenvalue weighted by Crippen LogP contribution is -2.14. The molecule has 5 aromatic rings. The average Bonchev–Trinajstić information content (AvgIpc) is 3.55. The highest BCUT2D eigenvalue weighted by Crippen LogP contribution is 2.31. The van der Waals surface area contributed by atoms with Crippen molar-refractivity contribution in [1.29, 1.82) is 0 Å². The van der Waals surface area contributed by atoms with Gasteiger partial charge in [0.05, 0.1) is 22.7 Å². The molecule has 0 saturated carbocycles. The van der Waals surface area contributed by atoms with Crippen LogP contribution in [0.4, 0.5) is 5.69 Å². The number of ether oxygens (including phenoxy) is 1. The molecule has 1 amide bonds. The van der Waals surface area contributed by atoms with E-state index < -0.39 is 0 Å². The third-order valence-electron chi connectivity index (χ3n) is 4.92. The molecule has 0 spiro atoms. The Bertz CT molecular complexity index is 1420. The maximum Gasteiger partial charge on any atom is 0.234 e. The van der Waals surface area contributed by atoms with Crippen LogP contribution in [0.3, 0.4) is 0 Å². The first-order valence-electron chi connectivity index (χ1n) is 10.7. The Labute approximate surface area is 210 Å². The summed E-state index contributed by atoms with van der Waals surface area (Å²) in [5.41, 5.74) is 1.36. The minimum absolute atomic E-state index is 0.128. The average molecular weight is 503 g/mol. The molecule has 7 nitrogen and oxygen atoms in total. The smallest absolute Gasteiger partial charge is 0.234 e. The van der Waals surface area contributed by atoms with Gasteiger partial charge in [0.25, 0.3) is 0 Å². The molecule has 0 radical (unpaired) electrons. The number of amides is 1. The number of halogens is 1. The number of para-hydroxylation sites is 2. The van der Waals surface area contributed by atoms with Gasteiger partial charge < -0.3 is 14.5 Å². The molecule has 0 atom stereocenters. The Morgan fingerprint density at radius 3 is 2.40 bits per heavy atom. The van der Waals surface area contributed by atoms with Gasteiger partial charge in [-0.15, -0.1) is 10.2 Å². The maximum atomic E-state index is 12.6. The third kappa shape index (κ3) is 5.40. The van der Waals surface area contributed by atoms with Crippen molar-refractivity contribution in [3.63, 3.8) is 0 Å². The van der Waals surface area contributed by atoms with Gasteiger partial charge >= 0.3 is 0 Å². The summed E-state index contributed by atoms with van der Waals surface area (Å²) >= 11 is 7.70. The van der Waals surface area contributed by atoms with Crippen molar-refractivity contribution >= 4 is 35.0 Å². The molecule has 35 heavy (non-hydrogen) atoms. The second-order valence-electron chi connectivity index (χ2n) is 7.35. The lowest BCUT2D eigenvalue weighted by molar-refractivity contribution is -0.113. The Morgan fingerprint density at radius 1 is 0.914 bits per heavy atom. The lowest BCUT2D eigenvalue weighted by atomic mass is 10.3. The number of carbonyl (C=O) groups excluding carboxylic acids is 1. The SMILES string of the molecule is O=C(CSc1nnc(-c2ccco2)n1-c1ccccc1Cl)Nc1ccc(Oc2ccccc2)cc1. The fourth-order valence-electron chi connectivity index (χ4n) is 3.34. The van der Waals surface area contributed by atoms with Crippen LogP contribution >= 0.6 is 23.4 Å². The number of anilines is 1. The molecule has 2 aromatic heterocycles. The molecule has 174 valence electrons. The van der Waals surface area contributed by atoms with Gasteiger partial charge in [-0.2, -0.15) is 0 Å². The number of aromatic nitrogens is 3. The number of thioether (sulfide) groups is 1. The zero-order valence-electron chi connectivity index (χ0n) is 18.3. The highest BCUT2D eigenvalue weighted by molar-refractivity contribution is 7.99. The van der Waals surface area contributed by atoms with E-state index in [2.05, 4.69) is 15.5 Å². The number of carbonyl (C=O) groups is 1. The number of nitrogens with zero attached hydrogens (tertiary/aromatic N) is 3. The first-order chi connectivity index (χ1) is 17.2. The van der Waals surface area contributed by atoms with Crippen LogP contribution in [-0.4, -0.2) is 26.4 Å². The van der Waals surface area contributed by atoms with E-state index in [0.29, 0.717) is 38.9 Å². The molecule has 2 heterocycles. The van der Waals surface area contributed by atoms with Crippen LogP contribution in [0.2, 0.25) is 5.02 Å². The van der Waals surface area contributed by atoms with E-state index >= 15 is 0 Å². The van der Waals surface area contributed by atoms with Crippen LogP contribution < -0.4 is 10.1 Å². The van der Waals surface area contributed by atoms with E-state index in [1.165, 1.54) is 11.8 Å². The lowest BCUT2D eigenvalue weighted by Gasteiger charge is -2.11. The molecule has 9 heteroatoms. The highest BCUT2D eigenvalue weighted by atomic mass is 35.5. The summed E-state index contributed by atoms with van der Waals surface area (Å²) in [7, 11) is 0. The highest BCUT2D eigenvalue weighted by Gasteiger charge is 2.20. The van der Waals surface area contributed by atoms with Gasteiger partial charge in [-0.25, -0.2) is 0 Å². The summed E-state index contributed by atoms with van der Waals surface area (Å²) in [6.45, 7) is 0. The van der Waals surface area contributed by atoms with Crippen LogP contribution in [0.15, 0.2) is 107 Å². The van der Waals surface area contributed by atoms with E-state index in [4.69, 9.17) is 20.8 Å². The summed E-state index contributed by atoms with van der Waals surface area (Å²) in [4.78, 5) is 12.6. The van der Waals surface area contributed by atoms with Crippen molar-refractivity contribution in [2.24, 2.45) is 0 Å². The number of rotatable bonds is 8. The molecule has 0 saturated heterocycles. The number of hydrogen-bond donors (Lipinski definition) is 1. The quantitative estimate of drug-likeness (QED) is 0.238. The van der Waals surface area contributed by atoms with Crippen LogP contribution in [0.25, 0.3) is 17.3 Å². The Kier molecular flexibility index (Phi) is 6.83. The summed E-state index contributed by atoms with van der Waals surface area (Å²) in [6, 6.07) is 27.6. The predicted molar refractivity (Wildman–Crippen MR) is 136 cm³/mol. The van der Waals surface area contributed by atoms with Gasteiger partial charge in [0.1, 0.15) is 11.5 Å².